The second-order valence-electron chi connectivity index (χ2n) is 3.73. The lowest BCUT2D eigenvalue weighted by Crippen LogP contribution is -2.30. The van der Waals surface area contributed by atoms with Gasteiger partial charge in [0.25, 0.3) is 0 Å². The van der Waals surface area contributed by atoms with Gasteiger partial charge in [-0.05, 0) is 17.4 Å². The molecule has 6 heteroatoms. The molecule has 0 aliphatic carbocycles. The highest BCUT2D eigenvalue weighted by atomic mass is 32.2. The Bertz CT molecular complexity index is 365. The van der Waals surface area contributed by atoms with Gasteiger partial charge in [-0.25, -0.2) is 0 Å². The van der Waals surface area contributed by atoms with Crippen LogP contribution >= 0.6 is 23.1 Å². The highest BCUT2D eigenvalue weighted by Crippen LogP contribution is 2.22. The van der Waals surface area contributed by atoms with Crippen LogP contribution in [0, 0.1) is 5.92 Å². The van der Waals surface area contributed by atoms with Crippen molar-refractivity contribution in [3.05, 3.63) is 17.5 Å². The van der Waals surface area contributed by atoms with E-state index in [0.717, 1.165) is 4.21 Å². The zero-order valence-corrected chi connectivity index (χ0v) is 11.1. The predicted molar refractivity (Wildman–Crippen MR) is 69.5 cm³/mol. The molecule has 1 amide bonds. The summed E-state index contributed by atoms with van der Waals surface area (Å²) in [7, 11) is 0. The van der Waals surface area contributed by atoms with Gasteiger partial charge in [-0.1, -0.05) is 13.0 Å². The average molecular weight is 273 g/mol. The summed E-state index contributed by atoms with van der Waals surface area (Å²) in [4.78, 5) is 21.9. The average Bonchev–Trinajstić information content (AvgIpc) is 2.75. The lowest BCUT2D eigenvalue weighted by Gasteiger charge is -2.09. The summed E-state index contributed by atoms with van der Waals surface area (Å²) in [6.45, 7) is 2.22. The Labute approximate surface area is 108 Å². The van der Waals surface area contributed by atoms with Crippen molar-refractivity contribution < 1.29 is 14.7 Å². The summed E-state index contributed by atoms with van der Waals surface area (Å²) < 4.78 is 1.11. The van der Waals surface area contributed by atoms with E-state index in [1.807, 2.05) is 17.5 Å². The number of hydrogen-bond acceptors (Lipinski definition) is 4. The number of carboxylic acids is 1. The zero-order valence-electron chi connectivity index (χ0n) is 9.51. The van der Waals surface area contributed by atoms with Crippen molar-refractivity contribution in [2.75, 3.05) is 12.3 Å². The molecule has 1 rings (SSSR count). The second-order valence-corrected chi connectivity index (χ2v) is 5.95. The van der Waals surface area contributed by atoms with Gasteiger partial charge in [0.1, 0.15) is 0 Å². The normalized spacial score (nSPS) is 12.1. The van der Waals surface area contributed by atoms with Crippen LogP contribution in [0.25, 0.3) is 0 Å². The Hall–Kier alpha value is -1.01. The molecule has 17 heavy (non-hydrogen) atoms. The lowest BCUT2D eigenvalue weighted by molar-refractivity contribution is -0.138. The number of hydrogen-bond donors (Lipinski definition) is 2. The Morgan fingerprint density at radius 2 is 2.35 bits per heavy atom. The van der Waals surface area contributed by atoms with Crippen molar-refractivity contribution in [1.82, 2.24) is 5.32 Å². The second kappa shape index (κ2) is 7.34. The lowest BCUT2D eigenvalue weighted by atomic mass is 10.1. The molecule has 0 aliphatic heterocycles. The Kier molecular flexibility index (Phi) is 6.07. The van der Waals surface area contributed by atoms with Gasteiger partial charge in [0.2, 0.25) is 5.91 Å². The van der Waals surface area contributed by atoms with Crippen molar-refractivity contribution in [2.45, 2.75) is 17.6 Å². The van der Waals surface area contributed by atoms with E-state index in [2.05, 4.69) is 5.32 Å². The molecule has 1 atom stereocenters. The van der Waals surface area contributed by atoms with Gasteiger partial charge in [-0.2, -0.15) is 0 Å². The van der Waals surface area contributed by atoms with Crippen molar-refractivity contribution in [3.8, 4) is 0 Å². The van der Waals surface area contributed by atoms with Gasteiger partial charge < -0.3 is 10.4 Å². The van der Waals surface area contributed by atoms with Crippen LogP contribution in [-0.4, -0.2) is 29.3 Å². The first-order chi connectivity index (χ1) is 8.08. The van der Waals surface area contributed by atoms with Crippen LogP contribution in [0.4, 0.5) is 0 Å². The molecule has 1 heterocycles. The number of carbonyl (C=O) groups is 2. The van der Waals surface area contributed by atoms with Crippen molar-refractivity contribution in [3.63, 3.8) is 0 Å². The smallest absolute Gasteiger partial charge is 0.303 e. The van der Waals surface area contributed by atoms with Crippen LogP contribution in [0.1, 0.15) is 13.3 Å². The van der Waals surface area contributed by atoms with Crippen LogP contribution < -0.4 is 5.32 Å². The first-order valence-electron chi connectivity index (χ1n) is 5.22. The third kappa shape index (κ3) is 6.33. The molecule has 0 aromatic carbocycles. The van der Waals surface area contributed by atoms with Crippen LogP contribution in [0.5, 0.6) is 0 Å². The summed E-state index contributed by atoms with van der Waals surface area (Å²) in [6, 6.07) is 3.91. The maximum absolute atomic E-state index is 11.5. The van der Waals surface area contributed by atoms with Crippen LogP contribution in [-0.2, 0) is 9.59 Å². The van der Waals surface area contributed by atoms with Crippen molar-refractivity contribution in [1.29, 1.82) is 0 Å². The van der Waals surface area contributed by atoms with E-state index >= 15 is 0 Å². The van der Waals surface area contributed by atoms with E-state index < -0.39 is 5.97 Å². The third-order valence-electron chi connectivity index (χ3n) is 2.01. The molecule has 1 aromatic rings. The molecule has 0 fully saturated rings. The summed E-state index contributed by atoms with van der Waals surface area (Å²) >= 11 is 3.09. The molecule has 2 N–H and O–H groups in total. The molecular weight excluding hydrogens is 258 g/mol. The van der Waals surface area contributed by atoms with E-state index in [1.165, 1.54) is 11.8 Å². The van der Waals surface area contributed by atoms with Crippen LogP contribution in [0.15, 0.2) is 21.7 Å². The minimum atomic E-state index is -0.834. The number of amides is 1. The fourth-order valence-corrected chi connectivity index (χ4v) is 2.81. The van der Waals surface area contributed by atoms with Gasteiger partial charge in [0.15, 0.2) is 0 Å². The minimum Gasteiger partial charge on any atom is -0.481 e. The van der Waals surface area contributed by atoms with E-state index in [9.17, 15) is 9.59 Å². The number of thiophene rings is 1. The van der Waals surface area contributed by atoms with Crippen LogP contribution in [0.2, 0.25) is 0 Å². The largest absolute Gasteiger partial charge is 0.481 e. The fraction of sp³-hybridized carbons (Fsp3) is 0.455. The molecular formula is C11H15NO3S2. The monoisotopic (exact) mass is 273 g/mol. The van der Waals surface area contributed by atoms with E-state index in [1.54, 1.807) is 18.3 Å². The SMILES string of the molecule is CC(CNC(=O)CSc1cccs1)CC(=O)O. The molecule has 1 unspecified atom stereocenters. The summed E-state index contributed by atoms with van der Waals surface area (Å²) in [5.74, 6) is -0.552. The van der Waals surface area contributed by atoms with Crippen molar-refractivity contribution >= 4 is 35.0 Å². The highest BCUT2D eigenvalue weighted by Gasteiger charge is 2.09. The van der Waals surface area contributed by atoms with E-state index in [4.69, 9.17) is 5.11 Å². The molecule has 1 aromatic heterocycles. The first-order valence-corrected chi connectivity index (χ1v) is 7.09. The molecule has 0 spiro atoms. The number of nitrogens with one attached hydrogen (secondary N) is 1. The number of carbonyl (C=O) groups excluding carboxylic acids is 1. The predicted octanol–water partition coefficient (Wildman–Crippen LogP) is 2.07. The minimum absolute atomic E-state index is 0.0387. The van der Waals surface area contributed by atoms with Gasteiger partial charge in [-0.15, -0.1) is 23.1 Å². The maximum Gasteiger partial charge on any atom is 0.303 e. The summed E-state index contributed by atoms with van der Waals surface area (Å²) in [5.41, 5.74) is 0. The molecule has 0 saturated heterocycles. The third-order valence-corrected chi connectivity index (χ3v) is 4.14. The summed E-state index contributed by atoms with van der Waals surface area (Å²) in [5, 5.41) is 13.3. The first kappa shape index (κ1) is 14.1. The standard InChI is InChI=1S/C11H15NO3S2/c1-8(5-10(14)15)6-12-9(13)7-17-11-3-2-4-16-11/h2-4,8H,5-7H2,1H3,(H,12,13)(H,14,15). The van der Waals surface area contributed by atoms with Gasteiger partial charge >= 0.3 is 5.97 Å². The molecule has 94 valence electrons. The highest BCUT2D eigenvalue weighted by molar-refractivity contribution is 8.01. The Balaban J connectivity index is 2.15. The van der Waals surface area contributed by atoms with Gasteiger partial charge in [0, 0.05) is 13.0 Å². The Morgan fingerprint density at radius 3 is 2.94 bits per heavy atom. The van der Waals surface area contributed by atoms with E-state index in [-0.39, 0.29) is 18.2 Å². The number of rotatable bonds is 7. The van der Waals surface area contributed by atoms with Gasteiger partial charge in [-0.3, -0.25) is 9.59 Å². The zero-order chi connectivity index (χ0) is 12.7. The van der Waals surface area contributed by atoms with Gasteiger partial charge in [0.05, 0.1) is 9.96 Å². The molecule has 0 saturated carbocycles. The Morgan fingerprint density at radius 1 is 1.59 bits per heavy atom. The van der Waals surface area contributed by atoms with Crippen molar-refractivity contribution in [2.24, 2.45) is 5.92 Å². The number of thioether (sulfide) groups is 1. The quantitative estimate of drug-likeness (QED) is 0.746. The molecule has 0 bridgehead atoms. The fourth-order valence-electron chi connectivity index (χ4n) is 1.19. The topological polar surface area (TPSA) is 66.4 Å². The maximum atomic E-state index is 11.5. The number of carboxylic acid groups (broad SMARTS) is 1. The summed E-state index contributed by atoms with van der Waals surface area (Å²) in [6.07, 6.45) is 0.0817. The number of aliphatic carboxylic acids is 1. The van der Waals surface area contributed by atoms with Crippen LogP contribution in [0.3, 0.4) is 0 Å². The molecule has 4 nitrogen and oxygen atoms in total. The molecule has 0 aliphatic rings. The molecule has 0 radical (unpaired) electrons. The van der Waals surface area contributed by atoms with E-state index in [0.29, 0.717) is 12.3 Å².